The SMILES string of the molecule is CCOc1cc(C(=O)NCC(O)C(C)C)ccc1C. The Balaban J connectivity index is 2.69. The zero-order chi connectivity index (χ0) is 14.4. The fourth-order valence-corrected chi connectivity index (χ4v) is 1.59. The van der Waals surface area contributed by atoms with Crippen molar-refractivity contribution in [1.82, 2.24) is 5.32 Å². The van der Waals surface area contributed by atoms with Gasteiger partial charge in [0.2, 0.25) is 0 Å². The van der Waals surface area contributed by atoms with Gasteiger partial charge in [-0.2, -0.15) is 0 Å². The van der Waals surface area contributed by atoms with Crippen molar-refractivity contribution >= 4 is 5.91 Å². The number of hydrogen-bond acceptors (Lipinski definition) is 3. The molecule has 1 aromatic carbocycles. The molecule has 0 spiro atoms. The standard InChI is InChI=1S/C15H23NO3/c1-5-19-14-8-12(7-6-11(14)4)15(18)16-9-13(17)10(2)3/h6-8,10,13,17H,5,9H2,1-4H3,(H,16,18). The summed E-state index contributed by atoms with van der Waals surface area (Å²) in [4.78, 5) is 12.0. The van der Waals surface area contributed by atoms with Gasteiger partial charge in [0.05, 0.1) is 12.7 Å². The van der Waals surface area contributed by atoms with Crippen molar-refractivity contribution in [3.63, 3.8) is 0 Å². The van der Waals surface area contributed by atoms with E-state index in [1.165, 1.54) is 0 Å². The number of carbonyl (C=O) groups is 1. The molecule has 19 heavy (non-hydrogen) atoms. The monoisotopic (exact) mass is 265 g/mol. The second-order valence-corrected chi connectivity index (χ2v) is 4.93. The van der Waals surface area contributed by atoms with Crippen molar-refractivity contribution in [2.75, 3.05) is 13.2 Å². The van der Waals surface area contributed by atoms with Crippen molar-refractivity contribution < 1.29 is 14.6 Å². The smallest absolute Gasteiger partial charge is 0.251 e. The lowest BCUT2D eigenvalue weighted by Gasteiger charge is -2.15. The van der Waals surface area contributed by atoms with Crippen LogP contribution in [0.2, 0.25) is 0 Å². The first-order valence-corrected chi connectivity index (χ1v) is 6.65. The number of carbonyl (C=O) groups excluding carboxylic acids is 1. The number of ether oxygens (including phenoxy) is 1. The van der Waals surface area contributed by atoms with E-state index >= 15 is 0 Å². The third-order valence-corrected chi connectivity index (χ3v) is 2.99. The van der Waals surface area contributed by atoms with E-state index in [0.717, 1.165) is 11.3 Å². The van der Waals surface area contributed by atoms with E-state index in [1.807, 2.05) is 33.8 Å². The number of hydrogen-bond donors (Lipinski definition) is 2. The van der Waals surface area contributed by atoms with Crippen LogP contribution in [0.3, 0.4) is 0 Å². The maximum Gasteiger partial charge on any atom is 0.251 e. The Morgan fingerprint density at radius 2 is 2.11 bits per heavy atom. The van der Waals surface area contributed by atoms with Gasteiger partial charge in [-0.15, -0.1) is 0 Å². The van der Waals surface area contributed by atoms with E-state index in [0.29, 0.717) is 12.2 Å². The Kier molecular flexibility index (Phi) is 5.83. The van der Waals surface area contributed by atoms with E-state index in [9.17, 15) is 9.90 Å². The van der Waals surface area contributed by atoms with Crippen molar-refractivity contribution in [3.8, 4) is 5.75 Å². The second-order valence-electron chi connectivity index (χ2n) is 4.93. The normalized spacial score (nSPS) is 12.3. The topological polar surface area (TPSA) is 58.6 Å². The highest BCUT2D eigenvalue weighted by molar-refractivity contribution is 5.94. The quantitative estimate of drug-likeness (QED) is 0.828. The molecule has 0 fully saturated rings. The molecule has 1 atom stereocenters. The number of aliphatic hydroxyl groups excluding tert-OH is 1. The van der Waals surface area contributed by atoms with Gasteiger partial charge in [0.25, 0.3) is 5.91 Å². The molecule has 0 aromatic heterocycles. The third kappa shape index (κ3) is 4.56. The van der Waals surface area contributed by atoms with Crippen LogP contribution in [0.5, 0.6) is 5.75 Å². The molecule has 0 bridgehead atoms. The first-order chi connectivity index (χ1) is 8.95. The van der Waals surface area contributed by atoms with Crippen LogP contribution in [0.25, 0.3) is 0 Å². The van der Waals surface area contributed by atoms with Gasteiger partial charge in [0, 0.05) is 12.1 Å². The molecule has 4 nitrogen and oxygen atoms in total. The number of rotatable bonds is 6. The van der Waals surface area contributed by atoms with Gasteiger partial charge >= 0.3 is 0 Å². The Hall–Kier alpha value is -1.55. The van der Waals surface area contributed by atoms with E-state index in [1.54, 1.807) is 12.1 Å². The fraction of sp³-hybridized carbons (Fsp3) is 0.533. The highest BCUT2D eigenvalue weighted by Gasteiger charge is 2.13. The lowest BCUT2D eigenvalue weighted by Crippen LogP contribution is -2.34. The molecule has 0 radical (unpaired) electrons. The first kappa shape index (κ1) is 15.5. The zero-order valence-electron chi connectivity index (χ0n) is 12.1. The average molecular weight is 265 g/mol. The van der Waals surface area contributed by atoms with Crippen LogP contribution in [0.15, 0.2) is 18.2 Å². The van der Waals surface area contributed by atoms with Gasteiger partial charge in [-0.3, -0.25) is 4.79 Å². The highest BCUT2D eigenvalue weighted by atomic mass is 16.5. The summed E-state index contributed by atoms with van der Waals surface area (Å²) in [6.45, 7) is 8.50. The van der Waals surface area contributed by atoms with E-state index in [-0.39, 0.29) is 18.4 Å². The molecule has 0 aliphatic heterocycles. The summed E-state index contributed by atoms with van der Waals surface area (Å²) in [6, 6.07) is 5.35. The highest BCUT2D eigenvalue weighted by Crippen LogP contribution is 2.19. The van der Waals surface area contributed by atoms with Crippen molar-refractivity contribution in [2.24, 2.45) is 5.92 Å². The van der Waals surface area contributed by atoms with Gasteiger partial charge in [-0.25, -0.2) is 0 Å². The fourth-order valence-electron chi connectivity index (χ4n) is 1.59. The van der Waals surface area contributed by atoms with Crippen LogP contribution >= 0.6 is 0 Å². The average Bonchev–Trinajstić information content (AvgIpc) is 2.38. The maximum absolute atomic E-state index is 12.0. The Bertz CT molecular complexity index is 429. The van der Waals surface area contributed by atoms with Gasteiger partial charge in [-0.1, -0.05) is 19.9 Å². The number of aliphatic hydroxyl groups is 1. The van der Waals surface area contributed by atoms with E-state index < -0.39 is 6.10 Å². The number of nitrogens with one attached hydrogen (secondary N) is 1. The summed E-state index contributed by atoms with van der Waals surface area (Å²) < 4.78 is 5.46. The molecule has 0 aliphatic carbocycles. The molecule has 1 unspecified atom stereocenters. The van der Waals surface area contributed by atoms with Crippen LogP contribution in [0, 0.1) is 12.8 Å². The van der Waals surface area contributed by atoms with Gasteiger partial charge in [-0.05, 0) is 37.5 Å². The Labute approximate surface area is 114 Å². The molecule has 4 heteroatoms. The number of benzene rings is 1. The summed E-state index contributed by atoms with van der Waals surface area (Å²) in [7, 11) is 0. The molecular formula is C15H23NO3. The summed E-state index contributed by atoms with van der Waals surface area (Å²) in [6.07, 6.45) is -0.527. The summed E-state index contributed by atoms with van der Waals surface area (Å²) in [5.74, 6) is 0.650. The number of aryl methyl sites for hydroxylation is 1. The van der Waals surface area contributed by atoms with Crippen LogP contribution < -0.4 is 10.1 Å². The van der Waals surface area contributed by atoms with Gasteiger partial charge in [0.15, 0.2) is 0 Å². The molecule has 1 amide bonds. The summed E-state index contributed by atoms with van der Waals surface area (Å²) in [5.41, 5.74) is 1.55. The molecule has 0 aliphatic rings. The van der Waals surface area contributed by atoms with E-state index in [2.05, 4.69) is 5.32 Å². The van der Waals surface area contributed by atoms with Crippen LogP contribution in [0.4, 0.5) is 0 Å². The zero-order valence-corrected chi connectivity index (χ0v) is 12.1. The molecule has 2 N–H and O–H groups in total. The summed E-state index contributed by atoms with van der Waals surface area (Å²) in [5, 5.41) is 12.4. The Morgan fingerprint density at radius 3 is 2.68 bits per heavy atom. The first-order valence-electron chi connectivity index (χ1n) is 6.65. The second kappa shape index (κ2) is 7.14. The lowest BCUT2D eigenvalue weighted by molar-refractivity contribution is 0.0871. The van der Waals surface area contributed by atoms with Gasteiger partial charge in [0.1, 0.15) is 5.75 Å². The molecule has 0 heterocycles. The van der Waals surface area contributed by atoms with Crippen LogP contribution in [-0.4, -0.2) is 30.3 Å². The van der Waals surface area contributed by atoms with Crippen molar-refractivity contribution in [1.29, 1.82) is 0 Å². The third-order valence-electron chi connectivity index (χ3n) is 2.99. The molecule has 1 rings (SSSR count). The number of amides is 1. The van der Waals surface area contributed by atoms with Crippen LogP contribution in [0.1, 0.15) is 36.7 Å². The maximum atomic E-state index is 12.0. The Morgan fingerprint density at radius 1 is 1.42 bits per heavy atom. The predicted molar refractivity (Wildman–Crippen MR) is 75.5 cm³/mol. The minimum absolute atomic E-state index is 0.123. The molecule has 1 aromatic rings. The largest absolute Gasteiger partial charge is 0.494 e. The van der Waals surface area contributed by atoms with Crippen LogP contribution in [-0.2, 0) is 0 Å². The van der Waals surface area contributed by atoms with E-state index in [4.69, 9.17) is 4.74 Å². The molecule has 0 saturated carbocycles. The van der Waals surface area contributed by atoms with Crippen molar-refractivity contribution in [3.05, 3.63) is 29.3 Å². The predicted octanol–water partition coefficient (Wildman–Crippen LogP) is 2.14. The van der Waals surface area contributed by atoms with Gasteiger partial charge < -0.3 is 15.2 Å². The molecule has 106 valence electrons. The molecular weight excluding hydrogens is 242 g/mol. The minimum Gasteiger partial charge on any atom is -0.494 e. The van der Waals surface area contributed by atoms with Crippen molar-refractivity contribution in [2.45, 2.75) is 33.8 Å². The lowest BCUT2D eigenvalue weighted by atomic mass is 10.1. The minimum atomic E-state index is -0.527. The molecule has 0 saturated heterocycles. The summed E-state index contributed by atoms with van der Waals surface area (Å²) >= 11 is 0.